The first-order valence-electron chi connectivity index (χ1n) is 10.5. The van der Waals surface area contributed by atoms with E-state index in [1.807, 2.05) is 39.0 Å². The van der Waals surface area contributed by atoms with E-state index in [1.165, 1.54) is 18.3 Å². The molecule has 0 bridgehead atoms. The molecular formula is C25H27N3O4S. The van der Waals surface area contributed by atoms with Crippen molar-refractivity contribution in [2.24, 2.45) is 5.10 Å². The molecule has 0 saturated heterocycles. The van der Waals surface area contributed by atoms with Gasteiger partial charge in [-0.3, -0.25) is 9.10 Å². The molecule has 0 heterocycles. The predicted molar refractivity (Wildman–Crippen MR) is 130 cm³/mol. The van der Waals surface area contributed by atoms with Crippen LogP contribution in [-0.2, 0) is 14.8 Å². The standard InChI is InChI=1S/C25H27N3O4S/c1-4-32-23-14-11-21(12-15-23)17-26-27-25(29)18-28(22-13-10-19(2)20(3)16-22)33(30,31)24-8-6-5-7-9-24/h5-17H,4,18H2,1-3H3,(H,27,29)/b26-17-. The van der Waals surface area contributed by atoms with Gasteiger partial charge in [0.25, 0.3) is 15.9 Å². The highest BCUT2D eigenvalue weighted by molar-refractivity contribution is 7.92. The van der Waals surface area contributed by atoms with Gasteiger partial charge in [-0.25, -0.2) is 13.8 Å². The number of nitrogens with zero attached hydrogens (tertiary/aromatic N) is 2. The zero-order chi connectivity index (χ0) is 23.8. The van der Waals surface area contributed by atoms with Crippen LogP contribution in [0.3, 0.4) is 0 Å². The summed E-state index contributed by atoms with van der Waals surface area (Å²) in [5.41, 5.74) is 5.54. The predicted octanol–water partition coefficient (Wildman–Crippen LogP) is 4.05. The molecule has 3 aromatic rings. The number of sulfonamides is 1. The number of hydrogen-bond acceptors (Lipinski definition) is 5. The van der Waals surface area contributed by atoms with E-state index < -0.39 is 22.5 Å². The van der Waals surface area contributed by atoms with Crippen molar-refractivity contribution in [2.45, 2.75) is 25.7 Å². The summed E-state index contributed by atoms with van der Waals surface area (Å²) in [6.07, 6.45) is 1.49. The average Bonchev–Trinajstić information content (AvgIpc) is 2.81. The van der Waals surface area contributed by atoms with Crippen LogP contribution < -0.4 is 14.5 Å². The van der Waals surface area contributed by atoms with Gasteiger partial charge >= 0.3 is 0 Å². The Morgan fingerprint density at radius 3 is 2.33 bits per heavy atom. The van der Waals surface area contributed by atoms with Gasteiger partial charge in [0.05, 0.1) is 23.4 Å². The van der Waals surface area contributed by atoms with Crippen LogP contribution in [0.2, 0.25) is 0 Å². The third-order valence-corrected chi connectivity index (χ3v) is 6.78. The number of hydrazone groups is 1. The van der Waals surface area contributed by atoms with Crippen LogP contribution in [0, 0.1) is 13.8 Å². The fourth-order valence-electron chi connectivity index (χ4n) is 3.08. The van der Waals surface area contributed by atoms with Crippen molar-refractivity contribution < 1.29 is 17.9 Å². The Morgan fingerprint density at radius 1 is 1.00 bits per heavy atom. The van der Waals surface area contributed by atoms with Crippen molar-refractivity contribution in [3.8, 4) is 5.75 Å². The van der Waals surface area contributed by atoms with Gasteiger partial charge in [-0.1, -0.05) is 24.3 Å². The second-order valence-electron chi connectivity index (χ2n) is 7.39. The number of nitrogens with one attached hydrogen (secondary N) is 1. The Balaban J connectivity index is 1.79. The summed E-state index contributed by atoms with van der Waals surface area (Å²) in [5, 5.41) is 3.96. The summed E-state index contributed by atoms with van der Waals surface area (Å²) in [6, 6.07) is 20.5. The van der Waals surface area contributed by atoms with Gasteiger partial charge in [-0.05, 0) is 86.0 Å². The molecule has 8 heteroatoms. The molecule has 1 N–H and O–H groups in total. The highest BCUT2D eigenvalue weighted by Gasteiger charge is 2.27. The summed E-state index contributed by atoms with van der Waals surface area (Å²) in [4.78, 5) is 12.7. The van der Waals surface area contributed by atoms with E-state index in [1.54, 1.807) is 42.5 Å². The molecular weight excluding hydrogens is 438 g/mol. The lowest BCUT2D eigenvalue weighted by Gasteiger charge is -2.24. The SMILES string of the molecule is CCOc1ccc(/C=N\NC(=O)CN(c2ccc(C)c(C)c2)S(=O)(=O)c2ccccc2)cc1. The van der Waals surface area contributed by atoms with Crippen molar-refractivity contribution in [1.82, 2.24) is 5.43 Å². The summed E-state index contributed by atoms with van der Waals surface area (Å²) >= 11 is 0. The summed E-state index contributed by atoms with van der Waals surface area (Å²) in [7, 11) is -3.96. The normalized spacial score (nSPS) is 11.4. The minimum Gasteiger partial charge on any atom is -0.494 e. The second kappa shape index (κ2) is 10.8. The quantitative estimate of drug-likeness (QED) is 0.381. The number of ether oxygens (including phenoxy) is 1. The van der Waals surface area contributed by atoms with Crippen LogP contribution in [-0.4, -0.2) is 33.7 Å². The first kappa shape index (κ1) is 24.0. The second-order valence-corrected chi connectivity index (χ2v) is 9.25. The molecule has 172 valence electrons. The third-order valence-electron chi connectivity index (χ3n) is 4.99. The number of carbonyl (C=O) groups excluding carboxylic acids is 1. The molecule has 0 atom stereocenters. The monoisotopic (exact) mass is 465 g/mol. The van der Waals surface area contributed by atoms with E-state index in [9.17, 15) is 13.2 Å². The molecule has 1 amide bonds. The van der Waals surface area contributed by atoms with Gasteiger partial charge in [0.2, 0.25) is 0 Å². The van der Waals surface area contributed by atoms with Crippen molar-refractivity contribution in [3.63, 3.8) is 0 Å². The molecule has 0 aromatic heterocycles. The molecule has 3 aromatic carbocycles. The molecule has 0 aliphatic rings. The maximum atomic E-state index is 13.3. The van der Waals surface area contributed by atoms with E-state index in [0.29, 0.717) is 12.3 Å². The lowest BCUT2D eigenvalue weighted by atomic mass is 10.1. The van der Waals surface area contributed by atoms with E-state index in [2.05, 4.69) is 10.5 Å². The Kier molecular flexibility index (Phi) is 7.84. The van der Waals surface area contributed by atoms with Gasteiger partial charge in [-0.2, -0.15) is 5.10 Å². The number of carbonyl (C=O) groups is 1. The number of aryl methyl sites for hydroxylation is 2. The zero-order valence-electron chi connectivity index (χ0n) is 18.9. The minimum absolute atomic E-state index is 0.105. The smallest absolute Gasteiger partial charge is 0.264 e. The molecule has 0 spiro atoms. The molecule has 3 rings (SSSR count). The summed E-state index contributed by atoms with van der Waals surface area (Å²) in [5.74, 6) is 0.184. The first-order chi connectivity index (χ1) is 15.8. The van der Waals surface area contributed by atoms with E-state index in [0.717, 1.165) is 26.7 Å². The van der Waals surface area contributed by atoms with Crippen LogP contribution in [0.1, 0.15) is 23.6 Å². The van der Waals surface area contributed by atoms with Gasteiger partial charge in [0.1, 0.15) is 12.3 Å². The fraction of sp³-hybridized carbons (Fsp3) is 0.200. The Labute approximate surface area is 194 Å². The minimum atomic E-state index is -3.96. The van der Waals surface area contributed by atoms with Crippen LogP contribution in [0.15, 0.2) is 82.8 Å². The molecule has 0 aliphatic heterocycles. The lowest BCUT2D eigenvalue weighted by Crippen LogP contribution is -2.39. The zero-order valence-corrected chi connectivity index (χ0v) is 19.7. The Bertz CT molecular complexity index is 1220. The van der Waals surface area contributed by atoms with Gasteiger partial charge in [0.15, 0.2) is 0 Å². The number of benzene rings is 3. The van der Waals surface area contributed by atoms with Crippen molar-refractivity contribution >= 4 is 27.8 Å². The Hall–Kier alpha value is -3.65. The molecule has 0 fully saturated rings. The lowest BCUT2D eigenvalue weighted by molar-refractivity contribution is -0.119. The molecule has 0 radical (unpaired) electrons. The average molecular weight is 466 g/mol. The molecule has 0 unspecified atom stereocenters. The van der Waals surface area contributed by atoms with E-state index in [-0.39, 0.29) is 4.90 Å². The van der Waals surface area contributed by atoms with Gasteiger partial charge < -0.3 is 4.74 Å². The molecule has 0 saturated carbocycles. The van der Waals surface area contributed by atoms with E-state index in [4.69, 9.17) is 4.74 Å². The first-order valence-corrected chi connectivity index (χ1v) is 11.9. The van der Waals surface area contributed by atoms with Crippen molar-refractivity contribution in [1.29, 1.82) is 0 Å². The van der Waals surface area contributed by atoms with Crippen LogP contribution in [0.5, 0.6) is 5.75 Å². The highest BCUT2D eigenvalue weighted by Crippen LogP contribution is 2.25. The van der Waals surface area contributed by atoms with Crippen LogP contribution in [0.25, 0.3) is 0 Å². The maximum absolute atomic E-state index is 13.3. The maximum Gasteiger partial charge on any atom is 0.264 e. The third kappa shape index (κ3) is 6.20. The van der Waals surface area contributed by atoms with Gasteiger partial charge in [0, 0.05) is 0 Å². The topological polar surface area (TPSA) is 88.1 Å². The van der Waals surface area contributed by atoms with Crippen LogP contribution in [0.4, 0.5) is 5.69 Å². The fourth-order valence-corrected chi connectivity index (χ4v) is 4.51. The Morgan fingerprint density at radius 2 is 1.70 bits per heavy atom. The number of hydrogen-bond donors (Lipinski definition) is 1. The van der Waals surface area contributed by atoms with Gasteiger partial charge in [-0.15, -0.1) is 0 Å². The molecule has 7 nitrogen and oxygen atoms in total. The molecule has 33 heavy (non-hydrogen) atoms. The number of rotatable bonds is 9. The number of anilines is 1. The molecule has 0 aliphatic carbocycles. The van der Waals surface area contributed by atoms with Crippen molar-refractivity contribution in [2.75, 3.05) is 17.5 Å². The summed E-state index contributed by atoms with van der Waals surface area (Å²) in [6.45, 7) is 5.90. The van der Waals surface area contributed by atoms with Crippen LogP contribution >= 0.6 is 0 Å². The van der Waals surface area contributed by atoms with E-state index >= 15 is 0 Å². The van der Waals surface area contributed by atoms with Crippen molar-refractivity contribution in [3.05, 3.63) is 89.5 Å². The number of amides is 1. The largest absolute Gasteiger partial charge is 0.494 e. The summed E-state index contributed by atoms with van der Waals surface area (Å²) < 4.78 is 33.2. The highest BCUT2D eigenvalue weighted by atomic mass is 32.2.